The highest BCUT2D eigenvalue weighted by Crippen LogP contribution is 2.29. The van der Waals surface area contributed by atoms with Gasteiger partial charge in [0.1, 0.15) is 17.3 Å². The summed E-state index contributed by atoms with van der Waals surface area (Å²) in [7, 11) is 0. The molecule has 0 fully saturated rings. The summed E-state index contributed by atoms with van der Waals surface area (Å²) in [4.78, 5) is 0. The van der Waals surface area contributed by atoms with E-state index in [1.165, 1.54) is 6.07 Å². The number of halogens is 1. The fourth-order valence-corrected chi connectivity index (χ4v) is 2.19. The largest absolute Gasteiger partial charge is 0.457 e. The zero-order valence-electron chi connectivity index (χ0n) is 10.8. The molecule has 3 rings (SSSR count). The molecule has 2 nitrogen and oxygen atoms in total. The van der Waals surface area contributed by atoms with Crippen LogP contribution in [0.3, 0.4) is 0 Å². The summed E-state index contributed by atoms with van der Waals surface area (Å²) in [6.07, 6.45) is 0. The van der Waals surface area contributed by atoms with Gasteiger partial charge in [0, 0.05) is 12.1 Å². The first-order chi connectivity index (χ1) is 9.78. The van der Waals surface area contributed by atoms with Crippen LogP contribution in [0.25, 0.3) is 10.8 Å². The van der Waals surface area contributed by atoms with E-state index in [2.05, 4.69) is 0 Å². The summed E-state index contributed by atoms with van der Waals surface area (Å²) in [5, 5.41) is 2.22. The third-order valence-corrected chi connectivity index (χ3v) is 3.23. The number of ether oxygens (including phenoxy) is 1. The Morgan fingerprint density at radius 1 is 0.900 bits per heavy atom. The summed E-state index contributed by atoms with van der Waals surface area (Å²) >= 11 is 0. The molecule has 20 heavy (non-hydrogen) atoms. The minimum absolute atomic E-state index is 0.107. The van der Waals surface area contributed by atoms with Crippen LogP contribution in [-0.4, -0.2) is 0 Å². The molecule has 0 aliphatic carbocycles. The van der Waals surface area contributed by atoms with E-state index in [9.17, 15) is 4.39 Å². The van der Waals surface area contributed by atoms with E-state index in [-0.39, 0.29) is 12.4 Å². The van der Waals surface area contributed by atoms with Gasteiger partial charge in [-0.05, 0) is 35.0 Å². The smallest absolute Gasteiger partial charge is 0.134 e. The standard InChI is InChI=1S/C17H14FNO/c18-16-6-3-7-17(15(16)11-19)20-14-9-8-12-4-1-2-5-13(12)10-14/h1-10H,11,19H2. The van der Waals surface area contributed by atoms with Crippen molar-refractivity contribution in [2.75, 3.05) is 0 Å². The van der Waals surface area contributed by atoms with Gasteiger partial charge in [-0.15, -0.1) is 0 Å². The van der Waals surface area contributed by atoms with Crippen LogP contribution in [0, 0.1) is 5.82 Å². The summed E-state index contributed by atoms with van der Waals surface area (Å²) in [5.41, 5.74) is 5.97. The number of hydrogen-bond acceptors (Lipinski definition) is 2. The number of hydrogen-bond donors (Lipinski definition) is 1. The molecule has 0 atom stereocenters. The third kappa shape index (κ3) is 2.36. The van der Waals surface area contributed by atoms with Crippen LogP contribution >= 0.6 is 0 Å². The van der Waals surface area contributed by atoms with Crippen LogP contribution in [0.4, 0.5) is 4.39 Å². The Bertz CT molecular complexity index is 755. The maximum atomic E-state index is 13.6. The number of rotatable bonds is 3. The van der Waals surface area contributed by atoms with Crippen molar-refractivity contribution in [1.29, 1.82) is 0 Å². The van der Waals surface area contributed by atoms with Crippen LogP contribution in [0.1, 0.15) is 5.56 Å². The van der Waals surface area contributed by atoms with Gasteiger partial charge in [-0.25, -0.2) is 4.39 Å². The molecule has 2 N–H and O–H groups in total. The second-order valence-corrected chi connectivity index (χ2v) is 4.53. The zero-order chi connectivity index (χ0) is 13.9. The third-order valence-electron chi connectivity index (χ3n) is 3.23. The monoisotopic (exact) mass is 267 g/mol. The van der Waals surface area contributed by atoms with Gasteiger partial charge in [-0.3, -0.25) is 0 Å². The Morgan fingerprint density at radius 3 is 2.50 bits per heavy atom. The number of fused-ring (bicyclic) bond motifs is 1. The van der Waals surface area contributed by atoms with Crippen molar-refractivity contribution < 1.29 is 9.13 Å². The average molecular weight is 267 g/mol. The van der Waals surface area contributed by atoms with Gasteiger partial charge in [0.15, 0.2) is 0 Å². The SMILES string of the molecule is NCc1c(F)cccc1Oc1ccc2ccccc2c1. The predicted octanol–water partition coefficient (Wildman–Crippen LogP) is 4.23. The molecule has 0 heterocycles. The first-order valence-corrected chi connectivity index (χ1v) is 6.42. The maximum absolute atomic E-state index is 13.6. The maximum Gasteiger partial charge on any atom is 0.134 e. The summed E-state index contributed by atoms with van der Waals surface area (Å²) in [5.74, 6) is 0.789. The topological polar surface area (TPSA) is 35.2 Å². The molecule has 0 unspecified atom stereocenters. The summed E-state index contributed by atoms with van der Waals surface area (Å²) in [6.45, 7) is 0.107. The molecule has 0 aliphatic rings. The molecule has 0 aliphatic heterocycles. The summed E-state index contributed by atoms with van der Waals surface area (Å²) in [6, 6.07) is 18.5. The van der Waals surface area contributed by atoms with E-state index < -0.39 is 0 Å². The Kier molecular flexibility index (Phi) is 3.35. The Hall–Kier alpha value is -2.39. The molecule has 3 heteroatoms. The van der Waals surface area contributed by atoms with Gasteiger partial charge >= 0.3 is 0 Å². The molecule has 3 aromatic carbocycles. The van der Waals surface area contributed by atoms with Crippen molar-refractivity contribution in [3.05, 3.63) is 72.0 Å². The Balaban J connectivity index is 1.99. The van der Waals surface area contributed by atoms with E-state index in [0.29, 0.717) is 17.1 Å². The minimum Gasteiger partial charge on any atom is -0.457 e. The van der Waals surface area contributed by atoms with Crippen molar-refractivity contribution in [2.45, 2.75) is 6.54 Å². The molecule has 0 saturated heterocycles. The molecular formula is C17H14FNO. The first kappa shape index (κ1) is 12.6. The Morgan fingerprint density at radius 2 is 1.70 bits per heavy atom. The van der Waals surface area contributed by atoms with Gasteiger partial charge in [0.2, 0.25) is 0 Å². The molecule has 0 amide bonds. The highest BCUT2D eigenvalue weighted by atomic mass is 19.1. The lowest BCUT2D eigenvalue weighted by Crippen LogP contribution is -2.02. The second kappa shape index (κ2) is 5.31. The highest BCUT2D eigenvalue weighted by Gasteiger charge is 2.09. The quantitative estimate of drug-likeness (QED) is 0.770. The van der Waals surface area contributed by atoms with Crippen LogP contribution in [-0.2, 0) is 6.54 Å². The van der Waals surface area contributed by atoms with E-state index in [1.807, 2.05) is 42.5 Å². The van der Waals surface area contributed by atoms with Gasteiger partial charge < -0.3 is 10.5 Å². The number of benzene rings is 3. The lowest BCUT2D eigenvalue weighted by atomic mass is 10.1. The molecule has 0 spiro atoms. The molecule has 0 aromatic heterocycles. The molecular weight excluding hydrogens is 253 g/mol. The van der Waals surface area contributed by atoms with E-state index in [0.717, 1.165) is 10.8 Å². The van der Waals surface area contributed by atoms with Crippen LogP contribution < -0.4 is 10.5 Å². The predicted molar refractivity (Wildman–Crippen MR) is 78.3 cm³/mol. The van der Waals surface area contributed by atoms with Crippen molar-refractivity contribution in [2.24, 2.45) is 5.73 Å². The van der Waals surface area contributed by atoms with Crippen molar-refractivity contribution >= 4 is 10.8 Å². The molecule has 3 aromatic rings. The molecule has 100 valence electrons. The van der Waals surface area contributed by atoms with E-state index >= 15 is 0 Å². The van der Waals surface area contributed by atoms with Crippen LogP contribution in [0.5, 0.6) is 11.5 Å². The van der Waals surface area contributed by atoms with Gasteiger partial charge in [-0.2, -0.15) is 0 Å². The minimum atomic E-state index is -0.342. The fraction of sp³-hybridized carbons (Fsp3) is 0.0588. The van der Waals surface area contributed by atoms with Crippen molar-refractivity contribution in [3.63, 3.8) is 0 Å². The van der Waals surface area contributed by atoms with Crippen LogP contribution in [0.2, 0.25) is 0 Å². The second-order valence-electron chi connectivity index (χ2n) is 4.53. The van der Waals surface area contributed by atoms with Gasteiger partial charge in [0.25, 0.3) is 0 Å². The van der Waals surface area contributed by atoms with Crippen LogP contribution in [0.15, 0.2) is 60.7 Å². The zero-order valence-corrected chi connectivity index (χ0v) is 10.8. The fourth-order valence-electron chi connectivity index (χ4n) is 2.19. The lowest BCUT2D eigenvalue weighted by molar-refractivity contribution is 0.468. The van der Waals surface area contributed by atoms with Crippen molar-refractivity contribution in [1.82, 2.24) is 0 Å². The molecule has 0 saturated carbocycles. The molecule has 0 radical (unpaired) electrons. The summed E-state index contributed by atoms with van der Waals surface area (Å²) < 4.78 is 19.4. The Labute approximate surface area is 116 Å². The van der Waals surface area contributed by atoms with E-state index in [4.69, 9.17) is 10.5 Å². The first-order valence-electron chi connectivity index (χ1n) is 6.42. The van der Waals surface area contributed by atoms with Gasteiger partial charge in [0.05, 0.1) is 0 Å². The highest BCUT2D eigenvalue weighted by molar-refractivity contribution is 5.83. The lowest BCUT2D eigenvalue weighted by Gasteiger charge is -2.11. The van der Waals surface area contributed by atoms with E-state index in [1.54, 1.807) is 12.1 Å². The van der Waals surface area contributed by atoms with Gasteiger partial charge in [-0.1, -0.05) is 36.4 Å². The molecule has 0 bridgehead atoms. The normalized spacial score (nSPS) is 10.7. The average Bonchev–Trinajstić information content (AvgIpc) is 2.47. The number of nitrogens with two attached hydrogens (primary N) is 1. The van der Waals surface area contributed by atoms with Crippen molar-refractivity contribution in [3.8, 4) is 11.5 Å².